The quantitative estimate of drug-likeness (QED) is 0.677. The van der Waals surface area contributed by atoms with Gasteiger partial charge in [-0.05, 0) is 48.1 Å². The van der Waals surface area contributed by atoms with E-state index in [2.05, 4.69) is 35.6 Å². The molecule has 0 aliphatic heterocycles. The molecule has 1 unspecified atom stereocenters. The highest BCUT2D eigenvalue weighted by molar-refractivity contribution is 6.27. The van der Waals surface area contributed by atoms with E-state index in [4.69, 9.17) is 29.3 Å². The first-order chi connectivity index (χ1) is 13.5. The molecular weight excluding hydrogens is 362 g/mol. The maximum Gasteiger partial charge on any atom is 0.414 e. The molecule has 1 aliphatic rings. The number of hydrogen-bond donors (Lipinski definition) is 3. The molecule has 7 nitrogen and oxygen atoms in total. The zero-order valence-electron chi connectivity index (χ0n) is 16.0. The third kappa shape index (κ3) is 5.72. The maximum absolute atomic E-state index is 9.10. The number of hydrogen-bond acceptors (Lipinski definition) is 5. The number of aliphatic carboxylic acids is 2. The van der Waals surface area contributed by atoms with Crippen molar-refractivity contribution in [3.05, 3.63) is 59.2 Å². The molecule has 1 aliphatic carbocycles. The van der Waals surface area contributed by atoms with Crippen molar-refractivity contribution in [1.82, 2.24) is 5.32 Å². The lowest BCUT2D eigenvalue weighted by molar-refractivity contribution is -0.159. The summed E-state index contributed by atoms with van der Waals surface area (Å²) in [5, 5.41) is 18.5. The molecule has 0 aromatic heterocycles. The Morgan fingerprint density at radius 2 is 1.71 bits per heavy atom. The Hall–Kier alpha value is -3.06. The third-order valence-corrected chi connectivity index (χ3v) is 4.55. The Morgan fingerprint density at radius 3 is 2.36 bits per heavy atom. The summed E-state index contributed by atoms with van der Waals surface area (Å²) in [6, 6.07) is 15.3. The Bertz CT molecular complexity index is 808. The topological polar surface area (TPSA) is 105 Å². The van der Waals surface area contributed by atoms with Gasteiger partial charge >= 0.3 is 11.9 Å². The van der Waals surface area contributed by atoms with Crippen LogP contribution >= 0.6 is 0 Å². The summed E-state index contributed by atoms with van der Waals surface area (Å²) in [4.78, 5) is 18.2. The summed E-state index contributed by atoms with van der Waals surface area (Å²) < 4.78 is 10.7. The second-order valence-electron chi connectivity index (χ2n) is 6.32. The number of methoxy groups -OCH3 is 2. The smallest absolute Gasteiger partial charge is 0.414 e. The van der Waals surface area contributed by atoms with Crippen LogP contribution in [0.3, 0.4) is 0 Å². The van der Waals surface area contributed by atoms with Crippen LogP contribution in [0, 0.1) is 0 Å². The van der Waals surface area contributed by atoms with Crippen LogP contribution in [0.5, 0.6) is 11.5 Å². The lowest BCUT2D eigenvalue weighted by Crippen LogP contribution is -2.24. The third-order valence-electron chi connectivity index (χ3n) is 4.55. The van der Waals surface area contributed by atoms with Crippen molar-refractivity contribution < 1.29 is 29.3 Å². The standard InChI is InChI=1S/C19H23NO2.C2H2O4/c1-21-18-11-10-14(12-19(18)22-2)13-20-17-9-5-7-15-6-3-4-8-16(15)17;3-1(4)2(5)6/h3-4,6,8,10-12,17,20H,5,7,9,13H2,1-2H3;(H,3,4)(H,5,6). The van der Waals surface area contributed by atoms with Gasteiger partial charge < -0.3 is 25.0 Å². The highest BCUT2D eigenvalue weighted by Gasteiger charge is 2.19. The first kappa shape index (κ1) is 21.2. The average molecular weight is 387 g/mol. The van der Waals surface area contributed by atoms with Gasteiger partial charge in [0.25, 0.3) is 0 Å². The minimum atomic E-state index is -1.82. The predicted octanol–water partition coefficient (Wildman–Crippen LogP) is 3.03. The minimum Gasteiger partial charge on any atom is -0.493 e. The van der Waals surface area contributed by atoms with E-state index in [1.807, 2.05) is 12.1 Å². The first-order valence-corrected chi connectivity index (χ1v) is 8.94. The molecule has 0 fully saturated rings. The van der Waals surface area contributed by atoms with Gasteiger partial charge in [-0.15, -0.1) is 0 Å². The average Bonchev–Trinajstić information content (AvgIpc) is 2.72. The van der Waals surface area contributed by atoms with E-state index in [0.717, 1.165) is 18.0 Å². The SMILES string of the molecule is COc1ccc(CNC2CCCc3ccccc32)cc1OC.O=C(O)C(=O)O. The van der Waals surface area contributed by atoms with Crippen LogP contribution in [0.25, 0.3) is 0 Å². The number of fused-ring (bicyclic) bond motifs is 1. The summed E-state index contributed by atoms with van der Waals surface area (Å²) in [6.07, 6.45) is 3.65. The van der Waals surface area contributed by atoms with E-state index in [9.17, 15) is 0 Å². The predicted molar refractivity (Wildman–Crippen MR) is 104 cm³/mol. The van der Waals surface area contributed by atoms with E-state index in [1.54, 1.807) is 14.2 Å². The van der Waals surface area contributed by atoms with Crippen molar-refractivity contribution in [2.75, 3.05) is 14.2 Å². The monoisotopic (exact) mass is 387 g/mol. The largest absolute Gasteiger partial charge is 0.493 e. The summed E-state index contributed by atoms with van der Waals surface area (Å²) in [5.74, 6) is -2.09. The van der Waals surface area contributed by atoms with Gasteiger partial charge in [0.2, 0.25) is 0 Å². The first-order valence-electron chi connectivity index (χ1n) is 8.94. The fourth-order valence-electron chi connectivity index (χ4n) is 3.20. The summed E-state index contributed by atoms with van der Waals surface area (Å²) in [6.45, 7) is 0.833. The molecule has 0 amide bonds. The normalized spacial score (nSPS) is 14.9. The van der Waals surface area contributed by atoms with Crippen LogP contribution in [0.15, 0.2) is 42.5 Å². The van der Waals surface area contributed by atoms with Crippen molar-refractivity contribution in [3.63, 3.8) is 0 Å². The number of aryl methyl sites for hydroxylation is 1. The second-order valence-corrected chi connectivity index (χ2v) is 6.32. The van der Waals surface area contributed by atoms with E-state index in [1.165, 1.54) is 36.0 Å². The molecule has 3 N–H and O–H groups in total. The van der Waals surface area contributed by atoms with Gasteiger partial charge in [-0.2, -0.15) is 0 Å². The summed E-state index contributed by atoms with van der Waals surface area (Å²) in [7, 11) is 3.33. The Labute approximate surface area is 163 Å². The number of nitrogens with one attached hydrogen (secondary N) is 1. The molecule has 2 aromatic carbocycles. The Balaban J connectivity index is 0.000000409. The molecule has 0 saturated heterocycles. The molecular formula is C21H25NO6. The number of carbonyl (C=O) groups is 2. The van der Waals surface area contributed by atoms with Gasteiger partial charge in [-0.1, -0.05) is 30.3 Å². The van der Waals surface area contributed by atoms with Crippen LogP contribution in [-0.2, 0) is 22.6 Å². The zero-order chi connectivity index (χ0) is 20.5. The highest BCUT2D eigenvalue weighted by Crippen LogP contribution is 2.31. The van der Waals surface area contributed by atoms with Crippen LogP contribution in [0.4, 0.5) is 0 Å². The molecule has 0 radical (unpaired) electrons. The van der Waals surface area contributed by atoms with Gasteiger partial charge in [0.1, 0.15) is 0 Å². The molecule has 0 spiro atoms. The number of ether oxygens (including phenoxy) is 2. The molecule has 0 heterocycles. The maximum atomic E-state index is 9.10. The molecule has 0 saturated carbocycles. The van der Waals surface area contributed by atoms with E-state index in [-0.39, 0.29) is 0 Å². The lowest BCUT2D eigenvalue weighted by Gasteiger charge is -2.26. The number of benzene rings is 2. The zero-order valence-corrected chi connectivity index (χ0v) is 16.0. The van der Waals surface area contributed by atoms with E-state index >= 15 is 0 Å². The van der Waals surface area contributed by atoms with Crippen LogP contribution in [0.1, 0.15) is 35.6 Å². The van der Waals surface area contributed by atoms with Crippen LogP contribution in [-0.4, -0.2) is 36.4 Å². The van der Waals surface area contributed by atoms with Crippen LogP contribution in [0.2, 0.25) is 0 Å². The van der Waals surface area contributed by atoms with Gasteiger partial charge in [-0.25, -0.2) is 9.59 Å². The van der Waals surface area contributed by atoms with Gasteiger partial charge in [-0.3, -0.25) is 0 Å². The van der Waals surface area contributed by atoms with Crippen molar-refractivity contribution in [2.24, 2.45) is 0 Å². The minimum absolute atomic E-state index is 0.443. The van der Waals surface area contributed by atoms with Crippen LogP contribution < -0.4 is 14.8 Å². The summed E-state index contributed by atoms with van der Waals surface area (Å²) >= 11 is 0. The number of carboxylic acids is 2. The fourth-order valence-corrected chi connectivity index (χ4v) is 3.20. The Kier molecular flexibility index (Phi) is 7.83. The molecule has 150 valence electrons. The van der Waals surface area contributed by atoms with Gasteiger partial charge in [0.15, 0.2) is 11.5 Å². The van der Waals surface area contributed by atoms with Gasteiger partial charge in [0, 0.05) is 12.6 Å². The highest BCUT2D eigenvalue weighted by atomic mass is 16.5. The van der Waals surface area contributed by atoms with Gasteiger partial charge in [0.05, 0.1) is 14.2 Å². The fraction of sp³-hybridized carbons (Fsp3) is 0.333. The number of carboxylic acid groups (broad SMARTS) is 2. The molecule has 7 heteroatoms. The molecule has 2 aromatic rings. The van der Waals surface area contributed by atoms with Crippen molar-refractivity contribution in [3.8, 4) is 11.5 Å². The van der Waals surface area contributed by atoms with Crippen molar-refractivity contribution >= 4 is 11.9 Å². The lowest BCUT2D eigenvalue weighted by atomic mass is 9.87. The van der Waals surface area contributed by atoms with E-state index < -0.39 is 11.9 Å². The summed E-state index contributed by atoms with van der Waals surface area (Å²) in [5.41, 5.74) is 4.15. The molecule has 1 atom stereocenters. The number of rotatable bonds is 5. The van der Waals surface area contributed by atoms with Crippen molar-refractivity contribution in [1.29, 1.82) is 0 Å². The molecule has 28 heavy (non-hydrogen) atoms. The Morgan fingerprint density at radius 1 is 1.04 bits per heavy atom. The molecule has 3 rings (SSSR count). The van der Waals surface area contributed by atoms with Crippen molar-refractivity contribution in [2.45, 2.75) is 31.8 Å². The van der Waals surface area contributed by atoms with E-state index in [0.29, 0.717) is 6.04 Å². The molecule has 0 bridgehead atoms. The second kappa shape index (κ2) is 10.3.